The first-order valence-electron chi connectivity index (χ1n) is 4.77. The standard InChI is InChI=1S/C11H12Cl2N2O2/c1-3-4-14-11(16)15-7-5-8(12)10(17-2)9(13)6-7/h3,5-6H,1,4H2,2H3,(H2,14,15,16). The number of ether oxygens (including phenoxy) is 1. The van der Waals surface area contributed by atoms with E-state index >= 15 is 0 Å². The van der Waals surface area contributed by atoms with Crippen LogP contribution in [0.4, 0.5) is 10.5 Å². The van der Waals surface area contributed by atoms with E-state index in [1.54, 1.807) is 18.2 Å². The maximum atomic E-state index is 11.4. The number of carbonyl (C=O) groups is 1. The average molecular weight is 275 g/mol. The summed E-state index contributed by atoms with van der Waals surface area (Å²) in [4.78, 5) is 11.4. The Morgan fingerprint density at radius 2 is 2.06 bits per heavy atom. The largest absolute Gasteiger partial charge is 0.494 e. The lowest BCUT2D eigenvalue weighted by Crippen LogP contribution is -2.28. The van der Waals surface area contributed by atoms with Crippen molar-refractivity contribution in [2.75, 3.05) is 19.0 Å². The van der Waals surface area contributed by atoms with Gasteiger partial charge in [0.15, 0.2) is 5.75 Å². The molecule has 4 nitrogen and oxygen atoms in total. The van der Waals surface area contributed by atoms with Crippen LogP contribution in [0.3, 0.4) is 0 Å². The maximum Gasteiger partial charge on any atom is 0.319 e. The zero-order chi connectivity index (χ0) is 12.8. The van der Waals surface area contributed by atoms with Crippen LogP contribution in [0, 0.1) is 0 Å². The van der Waals surface area contributed by atoms with E-state index in [0.717, 1.165) is 0 Å². The Balaban J connectivity index is 2.79. The lowest BCUT2D eigenvalue weighted by Gasteiger charge is -2.10. The van der Waals surface area contributed by atoms with Crippen molar-refractivity contribution in [1.29, 1.82) is 0 Å². The predicted octanol–water partition coefficient (Wildman–Crippen LogP) is 3.31. The van der Waals surface area contributed by atoms with E-state index in [-0.39, 0.29) is 6.03 Å². The van der Waals surface area contributed by atoms with Crippen molar-refractivity contribution in [3.05, 3.63) is 34.8 Å². The van der Waals surface area contributed by atoms with Gasteiger partial charge in [0, 0.05) is 12.2 Å². The lowest BCUT2D eigenvalue weighted by molar-refractivity contribution is 0.253. The smallest absolute Gasteiger partial charge is 0.319 e. The molecule has 0 saturated heterocycles. The Morgan fingerprint density at radius 3 is 2.53 bits per heavy atom. The number of benzene rings is 1. The van der Waals surface area contributed by atoms with Crippen LogP contribution < -0.4 is 15.4 Å². The molecule has 92 valence electrons. The highest BCUT2D eigenvalue weighted by Crippen LogP contribution is 2.35. The zero-order valence-corrected chi connectivity index (χ0v) is 10.7. The van der Waals surface area contributed by atoms with E-state index in [1.807, 2.05) is 0 Å². The van der Waals surface area contributed by atoms with Gasteiger partial charge >= 0.3 is 6.03 Å². The van der Waals surface area contributed by atoms with Crippen molar-refractivity contribution in [2.45, 2.75) is 0 Å². The lowest BCUT2D eigenvalue weighted by atomic mass is 10.3. The number of amides is 2. The molecule has 0 aliphatic rings. The van der Waals surface area contributed by atoms with Crippen LogP contribution in [0.1, 0.15) is 0 Å². The van der Waals surface area contributed by atoms with Crippen molar-refractivity contribution in [3.8, 4) is 5.75 Å². The minimum absolute atomic E-state index is 0.332. The van der Waals surface area contributed by atoms with Crippen molar-refractivity contribution in [3.63, 3.8) is 0 Å². The first kappa shape index (κ1) is 13.7. The van der Waals surface area contributed by atoms with Gasteiger partial charge in [0.2, 0.25) is 0 Å². The van der Waals surface area contributed by atoms with Gasteiger partial charge < -0.3 is 15.4 Å². The average Bonchev–Trinajstić information content (AvgIpc) is 2.26. The number of hydrogen-bond donors (Lipinski definition) is 2. The summed E-state index contributed by atoms with van der Waals surface area (Å²) in [5.74, 6) is 0.380. The van der Waals surface area contributed by atoms with Crippen LogP contribution in [-0.2, 0) is 0 Å². The fourth-order valence-corrected chi connectivity index (χ4v) is 1.81. The summed E-state index contributed by atoms with van der Waals surface area (Å²) < 4.78 is 5.00. The van der Waals surface area contributed by atoms with Crippen LogP contribution in [-0.4, -0.2) is 19.7 Å². The third kappa shape index (κ3) is 3.84. The number of hydrogen-bond acceptors (Lipinski definition) is 2. The second kappa shape index (κ2) is 6.37. The molecule has 0 heterocycles. The summed E-state index contributed by atoms with van der Waals surface area (Å²) in [7, 11) is 1.47. The van der Waals surface area contributed by atoms with Crippen molar-refractivity contribution in [1.82, 2.24) is 5.32 Å². The molecule has 6 heteroatoms. The number of methoxy groups -OCH3 is 1. The van der Waals surface area contributed by atoms with Crippen LogP contribution in [0.5, 0.6) is 5.75 Å². The fraction of sp³-hybridized carbons (Fsp3) is 0.182. The molecule has 0 atom stereocenters. The number of anilines is 1. The molecule has 1 aromatic carbocycles. The molecule has 1 aromatic rings. The van der Waals surface area contributed by atoms with E-state index in [2.05, 4.69) is 17.2 Å². The fourth-order valence-electron chi connectivity index (χ4n) is 1.17. The Morgan fingerprint density at radius 1 is 1.47 bits per heavy atom. The van der Waals surface area contributed by atoms with E-state index in [9.17, 15) is 4.79 Å². The molecule has 0 aromatic heterocycles. The first-order chi connectivity index (χ1) is 8.08. The minimum atomic E-state index is -0.359. The molecule has 17 heavy (non-hydrogen) atoms. The molecule has 0 fully saturated rings. The van der Waals surface area contributed by atoms with E-state index in [0.29, 0.717) is 28.0 Å². The zero-order valence-electron chi connectivity index (χ0n) is 9.22. The van der Waals surface area contributed by atoms with Crippen LogP contribution in [0.25, 0.3) is 0 Å². The van der Waals surface area contributed by atoms with E-state index in [4.69, 9.17) is 27.9 Å². The molecule has 0 aliphatic heterocycles. The molecule has 0 radical (unpaired) electrons. The Labute approximate surface area is 110 Å². The molecule has 1 rings (SSSR count). The molecule has 0 unspecified atom stereocenters. The molecule has 0 spiro atoms. The predicted molar refractivity (Wildman–Crippen MR) is 70.2 cm³/mol. The monoisotopic (exact) mass is 274 g/mol. The molecule has 0 saturated carbocycles. The molecular weight excluding hydrogens is 263 g/mol. The number of urea groups is 1. The first-order valence-corrected chi connectivity index (χ1v) is 5.53. The van der Waals surface area contributed by atoms with Crippen molar-refractivity contribution >= 4 is 34.9 Å². The van der Waals surface area contributed by atoms with Gasteiger partial charge in [-0.25, -0.2) is 4.79 Å². The van der Waals surface area contributed by atoms with Crippen LogP contribution in [0.15, 0.2) is 24.8 Å². The minimum Gasteiger partial charge on any atom is -0.494 e. The van der Waals surface area contributed by atoms with Crippen LogP contribution in [0.2, 0.25) is 10.0 Å². The second-order valence-corrected chi connectivity index (χ2v) is 3.91. The summed E-state index contributed by atoms with van der Waals surface area (Å²) in [6.45, 7) is 3.87. The number of halogens is 2. The summed E-state index contributed by atoms with van der Waals surface area (Å²) >= 11 is 11.9. The molecular formula is C11H12Cl2N2O2. The van der Waals surface area contributed by atoms with Gasteiger partial charge in [-0.3, -0.25) is 0 Å². The number of nitrogens with one attached hydrogen (secondary N) is 2. The summed E-state index contributed by atoms with van der Waals surface area (Å²) in [6.07, 6.45) is 1.58. The van der Waals surface area contributed by atoms with Gasteiger partial charge in [-0.15, -0.1) is 6.58 Å². The Kier molecular flexibility index (Phi) is 5.12. The third-order valence-corrected chi connectivity index (χ3v) is 2.43. The SMILES string of the molecule is C=CCNC(=O)Nc1cc(Cl)c(OC)c(Cl)c1. The highest BCUT2D eigenvalue weighted by Gasteiger charge is 2.09. The summed E-state index contributed by atoms with van der Waals surface area (Å²) in [5, 5.41) is 5.82. The molecule has 0 aliphatic carbocycles. The van der Waals surface area contributed by atoms with Gasteiger partial charge in [-0.05, 0) is 12.1 Å². The maximum absolute atomic E-state index is 11.4. The normalized spacial score (nSPS) is 9.59. The van der Waals surface area contributed by atoms with Gasteiger partial charge in [-0.2, -0.15) is 0 Å². The van der Waals surface area contributed by atoms with Gasteiger partial charge in [-0.1, -0.05) is 29.3 Å². The van der Waals surface area contributed by atoms with Gasteiger partial charge in [0.1, 0.15) is 0 Å². The Bertz CT molecular complexity index is 412. The molecule has 2 amide bonds. The summed E-state index contributed by atoms with van der Waals surface area (Å²) in [6, 6.07) is 2.75. The van der Waals surface area contributed by atoms with Gasteiger partial charge in [0.25, 0.3) is 0 Å². The third-order valence-electron chi connectivity index (χ3n) is 1.87. The summed E-state index contributed by atoms with van der Waals surface area (Å²) in [5.41, 5.74) is 0.488. The topological polar surface area (TPSA) is 50.4 Å². The van der Waals surface area contributed by atoms with E-state index < -0.39 is 0 Å². The Hall–Kier alpha value is -1.39. The van der Waals surface area contributed by atoms with Gasteiger partial charge in [0.05, 0.1) is 17.2 Å². The van der Waals surface area contributed by atoms with Crippen LogP contribution >= 0.6 is 23.2 Å². The van der Waals surface area contributed by atoms with E-state index in [1.165, 1.54) is 7.11 Å². The second-order valence-electron chi connectivity index (χ2n) is 3.10. The van der Waals surface area contributed by atoms with Crippen molar-refractivity contribution in [2.24, 2.45) is 0 Å². The number of rotatable bonds is 4. The highest BCUT2D eigenvalue weighted by molar-refractivity contribution is 6.37. The molecule has 0 bridgehead atoms. The van der Waals surface area contributed by atoms with Crippen molar-refractivity contribution < 1.29 is 9.53 Å². The number of carbonyl (C=O) groups excluding carboxylic acids is 1. The quantitative estimate of drug-likeness (QED) is 0.828. The highest BCUT2D eigenvalue weighted by atomic mass is 35.5. The molecule has 2 N–H and O–H groups in total.